The summed E-state index contributed by atoms with van der Waals surface area (Å²) in [4.78, 5) is 4.47. The summed E-state index contributed by atoms with van der Waals surface area (Å²) in [5, 5.41) is 4.05. The Bertz CT molecular complexity index is 626. The second-order valence-electron chi connectivity index (χ2n) is 4.88. The third kappa shape index (κ3) is 3.05. The largest absolute Gasteiger partial charge is 0.496 e. The lowest BCUT2D eigenvalue weighted by molar-refractivity contribution is 0.407. The predicted octanol–water partition coefficient (Wildman–Crippen LogP) is 4.28. The molecule has 1 aromatic heterocycles. The Morgan fingerprint density at radius 1 is 1.25 bits per heavy atom. The highest BCUT2D eigenvalue weighted by molar-refractivity contribution is 6.33. The highest BCUT2D eigenvalue weighted by Gasteiger charge is 2.09. The molecule has 0 atom stereocenters. The van der Waals surface area contributed by atoms with Gasteiger partial charge in [0.1, 0.15) is 5.75 Å². The van der Waals surface area contributed by atoms with E-state index in [-0.39, 0.29) is 0 Å². The van der Waals surface area contributed by atoms with Crippen molar-refractivity contribution in [2.45, 2.75) is 27.3 Å². The first-order valence-electron chi connectivity index (χ1n) is 6.52. The summed E-state index contributed by atoms with van der Waals surface area (Å²) in [5.74, 6) is 0.895. The zero-order valence-corrected chi connectivity index (χ0v) is 13.0. The van der Waals surface area contributed by atoms with Crippen molar-refractivity contribution in [2.75, 3.05) is 12.4 Å². The molecule has 0 aliphatic rings. The molecule has 0 radical (unpaired) electrons. The number of pyridine rings is 1. The van der Waals surface area contributed by atoms with Gasteiger partial charge in [0.25, 0.3) is 0 Å². The summed E-state index contributed by atoms with van der Waals surface area (Å²) in [5.41, 5.74) is 5.16. The molecule has 0 spiro atoms. The van der Waals surface area contributed by atoms with Crippen molar-refractivity contribution < 1.29 is 4.74 Å². The molecule has 0 bridgehead atoms. The van der Waals surface area contributed by atoms with Gasteiger partial charge in [-0.2, -0.15) is 0 Å². The molecular formula is C16H19ClN2O. The zero-order valence-electron chi connectivity index (χ0n) is 12.2. The van der Waals surface area contributed by atoms with Gasteiger partial charge >= 0.3 is 0 Å². The Morgan fingerprint density at radius 2 is 2.00 bits per heavy atom. The number of anilines is 1. The van der Waals surface area contributed by atoms with E-state index in [1.54, 1.807) is 7.11 Å². The van der Waals surface area contributed by atoms with Gasteiger partial charge in [0.15, 0.2) is 0 Å². The molecule has 0 fully saturated rings. The Balaban J connectivity index is 2.21. The second kappa shape index (κ2) is 6.14. The van der Waals surface area contributed by atoms with Crippen LogP contribution in [0, 0.1) is 20.8 Å². The highest BCUT2D eigenvalue weighted by atomic mass is 35.5. The molecule has 3 nitrogen and oxygen atoms in total. The molecule has 0 saturated carbocycles. The van der Waals surface area contributed by atoms with Crippen LogP contribution >= 0.6 is 11.6 Å². The van der Waals surface area contributed by atoms with Gasteiger partial charge in [-0.15, -0.1) is 0 Å². The third-order valence-electron chi connectivity index (χ3n) is 3.32. The predicted molar refractivity (Wildman–Crippen MR) is 83.8 cm³/mol. The van der Waals surface area contributed by atoms with Gasteiger partial charge in [0.05, 0.1) is 30.1 Å². The van der Waals surface area contributed by atoms with Gasteiger partial charge in [0.2, 0.25) is 0 Å². The van der Waals surface area contributed by atoms with Crippen molar-refractivity contribution in [3.63, 3.8) is 0 Å². The van der Waals surface area contributed by atoms with Crippen molar-refractivity contribution in [3.8, 4) is 5.75 Å². The summed E-state index contributed by atoms with van der Waals surface area (Å²) in [6, 6.07) is 5.92. The molecule has 0 saturated heterocycles. The van der Waals surface area contributed by atoms with Gasteiger partial charge in [-0.25, -0.2) is 0 Å². The SMILES string of the molecule is COc1c(C)cnc(CNc2cc(C)ccc2Cl)c1C. The summed E-state index contributed by atoms with van der Waals surface area (Å²) in [6.07, 6.45) is 1.83. The molecule has 4 heteroatoms. The van der Waals surface area contributed by atoms with E-state index in [4.69, 9.17) is 16.3 Å². The minimum atomic E-state index is 0.617. The summed E-state index contributed by atoms with van der Waals surface area (Å²) in [6.45, 7) is 6.67. The monoisotopic (exact) mass is 290 g/mol. The molecule has 1 heterocycles. The number of aromatic nitrogens is 1. The number of hydrogen-bond donors (Lipinski definition) is 1. The summed E-state index contributed by atoms with van der Waals surface area (Å²) < 4.78 is 5.42. The van der Waals surface area contributed by atoms with Crippen LogP contribution in [0.25, 0.3) is 0 Å². The molecule has 2 aromatic rings. The fourth-order valence-corrected chi connectivity index (χ4v) is 2.39. The van der Waals surface area contributed by atoms with Crippen LogP contribution in [-0.2, 0) is 6.54 Å². The standard InChI is InChI=1S/C16H19ClN2O/c1-10-5-6-13(17)14(7-10)19-9-15-12(3)16(20-4)11(2)8-18-15/h5-8,19H,9H2,1-4H3. The van der Waals surface area contributed by atoms with Gasteiger partial charge in [-0.05, 0) is 38.5 Å². The summed E-state index contributed by atoms with van der Waals surface area (Å²) >= 11 is 6.18. The lowest BCUT2D eigenvalue weighted by atomic mass is 10.1. The number of ether oxygens (including phenoxy) is 1. The van der Waals surface area contributed by atoms with E-state index in [9.17, 15) is 0 Å². The number of methoxy groups -OCH3 is 1. The maximum atomic E-state index is 6.18. The van der Waals surface area contributed by atoms with E-state index in [1.165, 1.54) is 5.56 Å². The van der Waals surface area contributed by atoms with Crippen LogP contribution in [0.15, 0.2) is 24.4 Å². The zero-order chi connectivity index (χ0) is 14.7. The Labute approximate surface area is 124 Å². The molecule has 0 aliphatic carbocycles. The van der Waals surface area contributed by atoms with Gasteiger partial charge in [0, 0.05) is 17.3 Å². The lowest BCUT2D eigenvalue weighted by Gasteiger charge is -2.14. The van der Waals surface area contributed by atoms with Crippen LogP contribution in [0.5, 0.6) is 5.75 Å². The Morgan fingerprint density at radius 3 is 2.70 bits per heavy atom. The molecule has 0 unspecified atom stereocenters. The van der Waals surface area contributed by atoms with Gasteiger partial charge in [-0.1, -0.05) is 17.7 Å². The van der Waals surface area contributed by atoms with Crippen molar-refractivity contribution in [1.82, 2.24) is 4.98 Å². The number of benzene rings is 1. The fraction of sp³-hybridized carbons (Fsp3) is 0.312. The number of rotatable bonds is 4. The Hall–Kier alpha value is -1.74. The van der Waals surface area contributed by atoms with Crippen LogP contribution in [0.2, 0.25) is 5.02 Å². The number of nitrogens with zero attached hydrogens (tertiary/aromatic N) is 1. The van der Waals surface area contributed by atoms with Gasteiger partial charge in [-0.3, -0.25) is 4.98 Å². The van der Waals surface area contributed by atoms with Crippen molar-refractivity contribution in [3.05, 3.63) is 51.8 Å². The first-order chi connectivity index (χ1) is 9.52. The maximum Gasteiger partial charge on any atom is 0.128 e. The molecule has 1 aromatic carbocycles. The normalized spacial score (nSPS) is 10.4. The molecule has 1 N–H and O–H groups in total. The molecular weight excluding hydrogens is 272 g/mol. The first kappa shape index (κ1) is 14.7. The fourth-order valence-electron chi connectivity index (χ4n) is 2.20. The van der Waals surface area contributed by atoms with Crippen LogP contribution in [-0.4, -0.2) is 12.1 Å². The van der Waals surface area contributed by atoms with E-state index in [2.05, 4.69) is 10.3 Å². The molecule has 106 valence electrons. The number of hydrogen-bond acceptors (Lipinski definition) is 3. The topological polar surface area (TPSA) is 34.1 Å². The van der Waals surface area contributed by atoms with Crippen molar-refractivity contribution in [2.24, 2.45) is 0 Å². The quantitative estimate of drug-likeness (QED) is 0.912. The molecule has 2 rings (SSSR count). The average molecular weight is 291 g/mol. The van der Waals surface area contributed by atoms with Crippen LogP contribution in [0.3, 0.4) is 0 Å². The first-order valence-corrected chi connectivity index (χ1v) is 6.89. The van der Waals surface area contributed by atoms with E-state index in [1.807, 2.05) is 45.2 Å². The smallest absolute Gasteiger partial charge is 0.128 e. The Kier molecular flexibility index (Phi) is 4.50. The van der Waals surface area contributed by atoms with Crippen LogP contribution < -0.4 is 10.1 Å². The van der Waals surface area contributed by atoms with Crippen LogP contribution in [0.1, 0.15) is 22.4 Å². The highest BCUT2D eigenvalue weighted by Crippen LogP contribution is 2.26. The minimum absolute atomic E-state index is 0.617. The van der Waals surface area contributed by atoms with E-state index < -0.39 is 0 Å². The molecule has 20 heavy (non-hydrogen) atoms. The van der Waals surface area contributed by atoms with Crippen molar-refractivity contribution in [1.29, 1.82) is 0 Å². The van der Waals surface area contributed by atoms with Crippen molar-refractivity contribution >= 4 is 17.3 Å². The third-order valence-corrected chi connectivity index (χ3v) is 3.65. The number of nitrogens with one attached hydrogen (secondary N) is 1. The molecule has 0 amide bonds. The summed E-state index contributed by atoms with van der Waals surface area (Å²) in [7, 11) is 1.68. The van der Waals surface area contributed by atoms with Crippen LogP contribution in [0.4, 0.5) is 5.69 Å². The van der Waals surface area contributed by atoms with E-state index >= 15 is 0 Å². The molecule has 0 aliphatic heterocycles. The minimum Gasteiger partial charge on any atom is -0.496 e. The van der Waals surface area contributed by atoms with E-state index in [0.29, 0.717) is 11.6 Å². The lowest BCUT2D eigenvalue weighted by Crippen LogP contribution is -2.06. The van der Waals surface area contributed by atoms with Gasteiger partial charge < -0.3 is 10.1 Å². The second-order valence-corrected chi connectivity index (χ2v) is 5.29. The maximum absolute atomic E-state index is 6.18. The van der Waals surface area contributed by atoms with E-state index in [0.717, 1.165) is 28.3 Å². The number of halogens is 1. The number of aryl methyl sites for hydroxylation is 2. The average Bonchev–Trinajstić information content (AvgIpc) is 2.42.